The van der Waals surface area contributed by atoms with Crippen LogP contribution >= 0.6 is 11.8 Å². The number of aliphatic hydroxyl groups is 1. The minimum absolute atomic E-state index is 0.204. The lowest BCUT2D eigenvalue weighted by molar-refractivity contribution is 0.322. The summed E-state index contributed by atoms with van der Waals surface area (Å²) in [7, 11) is 0. The van der Waals surface area contributed by atoms with E-state index < -0.39 is 0 Å². The molecule has 0 radical (unpaired) electrons. The minimum atomic E-state index is 0.204. The van der Waals surface area contributed by atoms with Crippen molar-refractivity contribution in [2.45, 2.75) is 25.0 Å². The summed E-state index contributed by atoms with van der Waals surface area (Å²) >= 11 is 1.58. The molecule has 0 aromatic carbocycles. The van der Waals surface area contributed by atoms with Gasteiger partial charge in [0.05, 0.1) is 6.61 Å². The van der Waals surface area contributed by atoms with Crippen molar-refractivity contribution in [3.63, 3.8) is 0 Å². The maximum absolute atomic E-state index is 8.64. The third kappa shape index (κ3) is 2.25. The predicted molar refractivity (Wildman–Crippen MR) is 50.4 cm³/mol. The molecule has 0 aliphatic carbocycles. The summed E-state index contributed by atoms with van der Waals surface area (Å²) in [6.45, 7) is 4.44. The van der Waals surface area contributed by atoms with Crippen molar-refractivity contribution < 1.29 is 5.11 Å². The van der Waals surface area contributed by atoms with Gasteiger partial charge in [-0.15, -0.1) is 0 Å². The molecule has 12 heavy (non-hydrogen) atoms. The van der Waals surface area contributed by atoms with Crippen LogP contribution in [0.2, 0.25) is 0 Å². The molecule has 0 saturated heterocycles. The van der Waals surface area contributed by atoms with Gasteiger partial charge in [0.2, 0.25) is 0 Å². The summed E-state index contributed by atoms with van der Waals surface area (Å²) in [6, 6.07) is 0.439. The molecule has 1 aromatic heterocycles. The summed E-state index contributed by atoms with van der Waals surface area (Å²) in [5, 5.41) is 9.62. The van der Waals surface area contributed by atoms with Crippen molar-refractivity contribution in [1.29, 1.82) is 0 Å². The molecule has 0 unspecified atom stereocenters. The molecule has 1 N–H and O–H groups in total. The molecule has 4 heteroatoms. The summed E-state index contributed by atoms with van der Waals surface area (Å²) in [5.41, 5.74) is 0. The number of aliphatic hydroxyl groups excluding tert-OH is 1. The van der Waals surface area contributed by atoms with E-state index in [2.05, 4.69) is 23.4 Å². The van der Waals surface area contributed by atoms with Crippen LogP contribution in [-0.4, -0.2) is 27.0 Å². The van der Waals surface area contributed by atoms with Gasteiger partial charge in [-0.05, 0) is 13.8 Å². The highest BCUT2D eigenvalue weighted by molar-refractivity contribution is 7.99. The van der Waals surface area contributed by atoms with Gasteiger partial charge in [0.1, 0.15) is 0 Å². The van der Waals surface area contributed by atoms with Gasteiger partial charge >= 0.3 is 0 Å². The molecule has 0 fully saturated rings. The Morgan fingerprint density at radius 2 is 2.42 bits per heavy atom. The average Bonchev–Trinajstić information content (AvgIpc) is 2.48. The lowest BCUT2D eigenvalue weighted by Crippen LogP contribution is -2.01. The first kappa shape index (κ1) is 9.61. The van der Waals surface area contributed by atoms with Crippen molar-refractivity contribution in [3.05, 3.63) is 12.4 Å². The smallest absolute Gasteiger partial charge is 0.168 e. The first-order valence-electron chi connectivity index (χ1n) is 4.02. The van der Waals surface area contributed by atoms with E-state index in [1.165, 1.54) is 0 Å². The Labute approximate surface area is 76.8 Å². The topological polar surface area (TPSA) is 38.0 Å². The van der Waals surface area contributed by atoms with Gasteiger partial charge in [-0.25, -0.2) is 4.98 Å². The highest BCUT2D eigenvalue weighted by Gasteiger charge is 2.04. The van der Waals surface area contributed by atoms with Crippen molar-refractivity contribution in [2.75, 3.05) is 12.4 Å². The molecular weight excluding hydrogens is 172 g/mol. The number of aromatic nitrogens is 2. The summed E-state index contributed by atoms with van der Waals surface area (Å²) < 4.78 is 2.10. The van der Waals surface area contributed by atoms with Crippen molar-refractivity contribution >= 4 is 11.8 Å². The van der Waals surface area contributed by atoms with E-state index in [0.29, 0.717) is 11.8 Å². The minimum Gasteiger partial charge on any atom is -0.396 e. The van der Waals surface area contributed by atoms with Gasteiger partial charge in [0, 0.05) is 24.2 Å². The number of hydrogen-bond donors (Lipinski definition) is 1. The van der Waals surface area contributed by atoms with Crippen LogP contribution in [-0.2, 0) is 0 Å². The average molecular weight is 186 g/mol. The third-order valence-electron chi connectivity index (χ3n) is 1.51. The van der Waals surface area contributed by atoms with Gasteiger partial charge < -0.3 is 9.67 Å². The Balaban J connectivity index is 2.64. The Morgan fingerprint density at radius 3 is 3.00 bits per heavy atom. The molecule has 0 aliphatic heterocycles. The Kier molecular flexibility index (Phi) is 3.62. The summed E-state index contributed by atoms with van der Waals surface area (Å²) in [5.74, 6) is 0.712. The fourth-order valence-electron chi connectivity index (χ4n) is 0.941. The number of imidazole rings is 1. The third-order valence-corrected chi connectivity index (χ3v) is 2.47. The van der Waals surface area contributed by atoms with E-state index in [1.54, 1.807) is 18.0 Å². The fraction of sp³-hybridized carbons (Fsp3) is 0.625. The number of nitrogens with zero attached hydrogens (tertiary/aromatic N) is 2. The molecular formula is C8H14N2OS. The largest absolute Gasteiger partial charge is 0.396 e. The normalized spacial score (nSPS) is 11.0. The van der Waals surface area contributed by atoms with Gasteiger partial charge in [-0.2, -0.15) is 0 Å². The van der Waals surface area contributed by atoms with E-state index >= 15 is 0 Å². The second-order valence-electron chi connectivity index (χ2n) is 2.78. The molecule has 0 aliphatic rings. The standard InChI is InChI=1S/C8H14N2OS/c1-7(2)10-4-3-9-8(10)12-6-5-11/h3-4,7,11H,5-6H2,1-2H3. The molecule has 68 valence electrons. The second kappa shape index (κ2) is 4.52. The van der Waals surface area contributed by atoms with Crippen LogP contribution in [0.25, 0.3) is 0 Å². The van der Waals surface area contributed by atoms with E-state index in [1.807, 2.05) is 6.20 Å². The summed E-state index contributed by atoms with van der Waals surface area (Å²) in [4.78, 5) is 4.19. The highest BCUT2D eigenvalue weighted by atomic mass is 32.2. The Morgan fingerprint density at radius 1 is 1.67 bits per heavy atom. The van der Waals surface area contributed by atoms with Crippen LogP contribution in [0.5, 0.6) is 0 Å². The van der Waals surface area contributed by atoms with E-state index in [0.717, 1.165) is 5.16 Å². The molecule has 1 aromatic rings. The van der Waals surface area contributed by atoms with Crippen LogP contribution in [0.3, 0.4) is 0 Å². The second-order valence-corrected chi connectivity index (χ2v) is 3.84. The van der Waals surface area contributed by atoms with Crippen molar-refractivity contribution in [1.82, 2.24) is 9.55 Å². The monoisotopic (exact) mass is 186 g/mol. The van der Waals surface area contributed by atoms with E-state index in [-0.39, 0.29) is 6.61 Å². The molecule has 1 heterocycles. The predicted octanol–water partition coefficient (Wildman–Crippen LogP) is 1.55. The zero-order valence-electron chi connectivity index (χ0n) is 7.40. The number of thioether (sulfide) groups is 1. The maximum Gasteiger partial charge on any atom is 0.168 e. The van der Waals surface area contributed by atoms with Crippen LogP contribution < -0.4 is 0 Å². The van der Waals surface area contributed by atoms with Gasteiger partial charge in [0.25, 0.3) is 0 Å². The van der Waals surface area contributed by atoms with Gasteiger partial charge in [0.15, 0.2) is 5.16 Å². The molecule has 1 rings (SSSR count). The Bertz CT molecular complexity index is 235. The Hall–Kier alpha value is -0.480. The van der Waals surface area contributed by atoms with E-state index in [9.17, 15) is 0 Å². The molecule has 0 amide bonds. The SMILES string of the molecule is CC(C)n1ccnc1SCCO. The molecule has 3 nitrogen and oxygen atoms in total. The maximum atomic E-state index is 8.64. The van der Waals surface area contributed by atoms with E-state index in [4.69, 9.17) is 5.11 Å². The quantitative estimate of drug-likeness (QED) is 0.725. The number of hydrogen-bond acceptors (Lipinski definition) is 3. The molecule has 0 spiro atoms. The number of rotatable bonds is 4. The molecule has 0 saturated carbocycles. The molecule has 0 atom stereocenters. The first-order chi connectivity index (χ1) is 5.75. The van der Waals surface area contributed by atoms with Crippen molar-refractivity contribution in [2.24, 2.45) is 0 Å². The van der Waals surface area contributed by atoms with Gasteiger partial charge in [-0.1, -0.05) is 11.8 Å². The molecule has 0 bridgehead atoms. The lowest BCUT2D eigenvalue weighted by atomic mass is 10.4. The first-order valence-corrected chi connectivity index (χ1v) is 5.00. The highest BCUT2D eigenvalue weighted by Crippen LogP contribution is 2.18. The van der Waals surface area contributed by atoms with Crippen LogP contribution in [0.1, 0.15) is 19.9 Å². The van der Waals surface area contributed by atoms with Crippen molar-refractivity contribution in [3.8, 4) is 0 Å². The van der Waals surface area contributed by atoms with Crippen LogP contribution in [0, 0.1) is 0 Å². The van der Waals surface area contributed by atoms with Crippen LogP contribution in [0.15, 0.2) is 17.6 Å². The van der Waals surface area contributed by atoms with Gasteiger partial charge in [-0.3, -0.25) is 0 Å². The zero-order chi connectivity index (χ0) is 8.97. The zero-order valence-corrected chi connectivity index (χ0v) is 8.21. The lowest BCUT2D eigenvalue weighted by Gasteiger charge is -2.09. The summed E-state index contributed by atoms with van der Waals surface area (Å²) in [6.07, 6.45) is 3.75. The fourth-order valence-corrected chi connectivity index (χ4v) is 1.77. The van der Waals surface area contributed by atoms with Crippen LogP contribution in [0.4, 0.5) is 0 Å².